The van der Waals surface area contributed by atoms with Gasteiger partial charge in [-0.3, -0.25) is 0 Å². The Hall–Kier alpha value is -1.08. The highest BCUT2D eigenvalue weighted by molar-refractivity contribution is 7.98. The standard InChI is InChI=1S/C6H6N4OS2/c7-5-4(9-10-13-5)3-12-6-8-1-2-11-6/h1-2H,3,7H2. The molecule has 0 unspecified atom stereocenters. The van der Waals surface area contributed by atoms with Crippen LogP contribution in [0.3, 0.4) is 0 Å². The van der Waals surface area contributed by atoms with Crippen LogP contribution in [0.25, 0.3) is 0 Å². The molecule has 0 bridgehead atoms. The maximum absolute atomic E-state index is 5.61. The van der Waals surface area contributed by atoms with Gasteiger partial charge in [-0.15, -0.1) is 5.10 Å². The molecule has 0 aliphatic carbocycles. The van der Waals surface area contributed by atoms with Gasteiger partial charge in [-0.05, 0) is 0 Å². The highest BCUT2D eigenvalue weighted by Gasteiger charge is 2.06. The van der Waals surface area contributed by atoms with Crippen LogP contribution >= 0.6 is 23.3 Å². The number of rotatable bonds is 3. The SMILES string of the molecule is Nc1snnc1CSc1ncco1. The summed E-state index contributed by atoms with van der Waals surface area (Å²) in [6, 6.07) is 0. The molecule has 0 spiro atoms. The van der Waals surface area contributed by atoms with Gasteiger partial charge in [0.05, 0.1) is 11.9 Å². The summed E-state index contributed by atoms with van der Waals surface area (Å²) in [6.45, 7) is 0. The van der Waals surface area contributed by atoms with Gasteiger partial charge in [0.25, 0.3) is 5.22 Å². The second kappa shape index (κ2) is 3.75. The van der Waals surface area contributed by atoms with E-state index in [1.165, 1.54) is 29.6 Å². The highest BCUT2D eigenvalue weighted by Crippen LogP contribution is 2.23. The van der Waals surface area contributed by atoms with Gasteiger partial charge in [-0.25, -0.2) is 4.98 Å². The van der Waals surface area contributed by atoms with Crippen molar-refractivity contribution < 1.29 is 4.42 Å². The number of thioether (sulfide) groups is 1. The number of nitrogen functional groups attached to an aromatic ring is 1. The Bertz CT molecular complexity index is 372. The summed E-state index contributed by atoms with van der Waals surface area (Å²) in [5.74, 6) is 0.642. The minimum absolute atomic E-state index is 0.618. The van der Waals surface area contributed by atoms with Crippen LogP contribution < -0.4 is 5.73 Å². The van der Waals surface area contributed by atoms with Crippen LogP contribution in [0, 0.1) is 0 Å². The van der Waals surface area contributed by atoms with E-state index in [2.05, 4.69) is 14.6 Å². The molecular weight excluding hydrogens is 208 g/mol. The number of aromatic nitrogens is 3. The molecule has 2 N–H and O–H groups in total. The zero-order valence-electron chi connectivity index (χ0n) is 6.51. The maximum Gasteiger partial charge on any atom is 0.255 e. The fraction of sp³-hybridized carbons (Fsp3) is 0.167. The fourth-order valence-electron chi connectivity index (χ4n) is 0.727. The third-order valence-electron chi connectivity index (χ3n) is 1.33. The highest BCUT2D eigenvalue weighted by atomic mass is 32.2. The van der Waals surface area contributed by atoms with Crippen molar-refractivity contribution in [3.05, 3.63) is 18.2 Å². The third-order valence-corrected chi connectivity index (χ3v) is 2.79. The molecule has 2 rings (SSSR count). The van der Waals surface area contributed by atoms with E-state index < -0.39 is 0 Å². The minimum atomic E-state index is 0.618. The first-order valence-corrected chi connectivity index (χ1v) is 5.21. The van der Waals surface area contributed by atoms with Gasteiger partial charge in [0.1, 0.15) is 17.0 Å². The predicted molar refractivity (Wildman–Crippen MR) is 50.4 cm³/mol. The first kappa shape index (κ1) is 8.52. The lowest BCUT2D eigenvalue weighted by atomic mass is 10.5. The molecule has 13 heavy (non-hydrogen) atoms. The van der Waals surface area contributed by atoms with E-state index in [4.69, 9.17) is 10.2 Å². The van der Waals surface area contributed by atoms with Crippen LogP contribution in [-0.2, 0) is 5.75 Å². The molecule has 0 amide bonds. The Labute approximate surface area is 82.5 Å². The lowest BCUT2D eigenvalue weighted by Crippen LogP contribution is -1.88. The molecule has 2 heterocycles. The van der Waals surface area contributed by atoms with Crippen LogP contribution in [-0.4, -0.2) is 14.6 Å². The van der Waals surface area contributed by atoms with Crippen LogP contribution in [0.5, 0.6) is 0 Å². The number of nitrogens with two attached hydrogens (primary N) is 1. The Morgan fingerprint density at radius 1 is 1.62 bits per heavy atom. The number of hydrogen-bond donors (Lipinski definition) is 1. The number of oxazole rings is 1. The molecule has 68 valence electrons. The van der Waals surface area contributed by atoms with E-state index in [0.29, 0.717) is 16.0 Å². The Kier molecular flexibility index (Phi) is 2.46. The minimum Gasteiger partial charge on any atom is -0.440 e. The van der Waals surface area contributed by atoms with Crippen molar-refractivity contribution in [2.45, 2.75) is 11.0 Å². The molecule has 0 atom stereocenters. The fourth-order valence-corrected chi connectivity index (χ4v) is 2.00. The second-order valence-electron chi connectivity index (χ2n) is 2.17. The molecule has 0 saturated carbocycles. The largest absolute Gasteiger partial charge is 0.440 e. The Morgan fingerprint density at radius 3 is 3.15 bits per heavy atom. The summed E-state index contributed by atoms with van der Waals surface area (Å²) >= 11 is 2.64. The number of nitrogens with zero attached hydrogens (tertiary/aromatic N) is 3. The Balaban J connectivity index is 1.97. The number of anilines is 1. The van der Waals surface area contributed by atoms with Crippen molar-refractivity contribution in [2.24, 2.45) is 0 Å². The summed E-state index contributed by atoms with van der Waals surface area (Å²) in [7, 11) is 0. The van der Waals surface area contributed by atoms with E-state index >= 15 is 0 Å². The topological polar surface area (TPSA) is 77.8 Å². The predicted octanol–water partition coefficient (Wildman–Crippen LogP) is 1.40. The van der Waals surface area contributed by atoms with E-state index in [1.54, 1.807) is 6.20 Å². The Morgan fingerprint density at radius 2 is 2.54 bits per heavy atom. The first-order chi connectivity index (χ1) is 6.36. The smallest absolute Gasteiger partial charge is 0.255 e. The van der Waals surface area contributed by atoms with Gasteiger partial charge in [0.2, 0.25) is 0 Å². The van der Waals surface area contributed by atoms with Crippen LogP contribution in [0.1, 0.15) is 5.69 Å². The van der Waals surface area contributed by atoms with Crippen molar-refractivity contribution in [2.75, 3.05) is 5.73 Å². The normalized spacial score (nSPS) is 10.5. The molecule has 5 nitrogen and oxygen atoms in total. The lowest BCUT2D eigenvalue weighted by Gasteiger charge is -1.92. The van der Waals surface area contributed by atoms with E-state index in [0.717, 1.165) is 5.69 Å². The molecule has 0 aromatic carbocycles. The molecule has 0 aliphatic heterocycles. The van der Waals surface area contributed by atoms with Crippen molar-refractivity contribution in [3.8, 4) is 0 Å². The molecule has 0 radical (unpaired) electrons. The summed E-state index contributed by atoms with van der Waals surface area (Å²) < 4.78 is 8.76. The van der Waals surface area contributed by atoms with Crippen LogP contribution in [0.4, 0.5) is 5.00 Å². The second-order valence-corrected chi connectivity index (χ2v) is 3.88. The third kappa shape index (κ3) is 1.99. The van der Waals surface area contributed by atoms with Crippen molar-refractivity contribution >= 4 is 28.3 Å². The molecule has 0 saturated heterocycles. The molecule has 2 aromatic heterocycles. The van der Waals surface area contributed by atoms with Gasteiger partial charge in [-0.1, -0.05) is 16.3 Å². The maximum atomic E-state index is 5.61. The monoisotopic (exact) mass is 214 g/mol. The summed E-state index contributed by atoms with van der Waals surface area (Å²) in [5, 5.41) is 5.14. The van der Waals surface area contributed by atoms with Crippen molar-refractivity contribution in [3.63, 3.8) is 0 Å². The molecule has 0 aliphatic rings. The van der Waals surface area contributed by atoms with Gasteiger partial charge < -0.3 is 10.2 Å². The van der Waals surface area contributed by atoms with Crippen LogP contribution in [0.2, 0.25) is 0 Å². The first-order valence-electron chi connectivity index (χ1n) is 3.45. The zero-order valence-corrected chi connectivity index (χ0v) is 8.14. The average Bonchev–Trinajstić information content (AvgIpc) is 2.72. The molecular formula is C6H6N4OS2. The lowest BCUT2D eigenvalue weighted by molar-refractivity contribution is 0.454. The number of hydrogen-bond acceptors (Lipinski definition) is 7. The summed E-state index contributed by atoms with van der Waals surface area (Å²) in [4.78, 5) is 3.96. The van der Waals surface area contributed by atoms with E-state index in [-0.39, 0.29) is 0 Å². The quantitative estimate of drug-likeness (QED) is 0.778. The average molecular weight is 214 g/mol. The van der Waals surface area contributed by atoms with Crippen LogP contribution in [0.15, 0.2) is 22.1 Å². The van der Waals surface area contributed by atoms with Gasteiger partial charge in [0, 0.05) is 11.5 Å². The molecule has 7 heteroatoms. The van der Waals surface area contributed by atoms with Gasteiger partial charge >= 0.3 is 0 Å². The summed E-state index contributed by atoms with van der Waals surface area (Å²) in [6.07, 6.45) is 3.13. The van der Waals surface area contributed by atoms with Gasteiger partial charge in [0.15, 0.2) is 0 Å². The van der Waals surface area contributed by atoms with Gasteiger partial charge in [-0.2, -0.15) is 0 Å². The molecule has 0 fully saturated rings. The van der Waals surface area contributed by atoms with E-state index in [9.17, 15) is 0 Å². The molecule has 2 aromatic rings. The zero-order chi connectivity index (χ0) is 9.10. The summed E-state index contributed by atoms with van der Waals surface area (Å²) in [5.41, 5.74) is 6.39. The van der Waals surface area contributed by atoms with Crippen molar-refractivity contribution in [1.29, 1.82) is 0 Å². The van der Waals surface area contributed by atoms with E-state index in [1.807, 2.05) is 0 Å². The van der Waals surface area contributed by atoms with Crippen molar-refractivity contribution in [1.82, 2.24) is 14.6 Å².